The number of hydrogen-bond donors (Lipinski definition) is 2. The highest BCUT2D eigenvalue weighted by Gasteiger charge is 2.19. The molecule has 0 radical (unpaired) electrons. The molecule has 1 atom stereocenters. The predicted molar refractivity (Wildman–Crippen MR) is 86.6 cm³/mol. The molecule has 118 valence electrons. The maximum Gasteiger partial charge on any atom is 0.244 e. The fourth-order valence-electron chi connectivity index (χ4n) is 2.10. The average molecular weight is 293 g/mol. The van der Waals surface area contributed by atoms with Gasteiger partial charge in [-0.1, -0.05) is 13.3 Å². The molecule has 0 fully saturated rings. The van der Waals surface area contributed by atoms with Crippen LogP contribution in [0.4, 0.5) is 11.6 Å². The zero-order chi connectivity index (χ0) is 15.8. The first-order valence-corrected chi connectivity index (χ1v) is 7.64. The van der Waals surface area contributed by atoms with Crippen molar-refractivity contribution in [2.75, 3.05) is 30.8 Å². The third-order valence-corrected chi connectivity index (χ3v) is 3.36. The molecule has 0 saturated heterocycles. The summed E-state index contributed by atoms with van der Waals surface area (Å²) in [5, 5.41) is 6.48. The van der Waals surface area contributed by atoms with Crippen molar-refractivity contribution >= 4 is 17.5 Å². The van der Waals surface area contributed by atoms with Gasteiger partial charge >= 0.3 is 0 Å². The number of aromatic nitrogens is 2. The Kier molecular flexibility index (Phi) is 6.91. The van der Waals surface area contributed by atoms with Gasteiger partial charge in [-0.2, -0.15) is 0 Å². The Hall–Kier alpha value is -1.85. The molecule has 0 spiro atoms. The molecule has 1 aromatic rings. The second kappa shape index (κ2) is 8.44. The van der Waals surface area contributed by atoms with Gasteiger partial charge in [0.15, 0.2) is 0 Å². The minimum atomic E-state index is -0.310. The first kappa shape index (κ1) is 17.2. The van der Waals surface area contributed by atoms with E-state index in [0.29, 0.717) is 6.54 Å². The molecule has 0 aliphatic rings. The van der Waals surface area contributed by atoms with E-state index in [0.717, 1.165) is 36.6 Å². The fraction of sp³-hybridized carbons (Fsp3) is 0.667. The molecule has 0 aromatic carbocycles. The van der Waals surface area contributed by atoms with Crippen LogP contribution in [0.1, 0.15) is 39.7 Å². The van der Waals surface area contributed by atoms with E-state index >= 15 is 0 Å². The van der Waals surface area contributed by atoms with Crippen LogP contribution < -0.4 is 10.6 Å². The summed E-state index contributed by atoms with van der Waals surface area (Å²) >= 11 is 0. The van der Waals surface area contributed by atoms with Gasteiger partial charge in [0.05, 0.1) is 0 Å². The third kappa shape index (κ3) is 4.58. The number of nitrogens with zero attached hydrogens (tertiary/aromatic N) is 3. The van der Waals surface area contributed by atoms with Crippen LogP contribution in [0.2, 0.25) is 0 Å². The smallest absolute Gasteiger partial charge is 0.244 e. The monoisotopic (exact) mass is 293 g/mol. The van der Waals surface area contributed by atoms with E-state index < -0.39 is 0 Å². The number of nitrogens with one attached hydrogen (secondary N) is 2. The van der Waals surface area contributed by atoms with Crippen LogP contribution in [0.25, 0.3) is 0 Å². The molecule has 1 unspecified atom stereocenters. The molecule has 2 N–H and O–H groups in total. The van der Waals surface area contributed by atoms with Gasteiger partial charge in [-0.25, -0.2) is 9.97 Å². The number of anilines is 2. The summed E-state index contributed by atoms with van der Waals surface area (Å²) < 4.78 is 0. The van der Waals surface area contributed by atoms with Gasteiger partial charge < -0.3 is 15.5 Å². The van der Waals surface area contributed by atoms with E-state index in [4.69, 9.17) is 0 Å². The number of carbonyl (C=O) groups excluding carboxylic acids is 1. The zero-order valence-corrected chi connectivity index (χ0v) is 13.7. The van der Waals surface area contributed by atoms with Crippen LogP contribution in [0.3, 0.4) is 0 Å². The van der Waals surface area contributed by atoms with Crippen molar-refractivity contribution in [3.8, 4) is 0 Å². The lowest BCUT2D eigenvalue weighted by molar-refractivity contribution is -0.130. The average Bonchev–Trinajstić information content (AvgIpc) is 2.49. The second-order valence-corrected chi connectivity index (χ2v) is 5.05. The van der Waals surface area contributed by atoms with Crippen LogP contribution in [0.5, 0.6) is 0 Å². The van der Waals surface area contributed by atoms with Gasteiger partial charge in [-0.15, -0.1) is 0 Å². The summed E-state index contributed by atoms with van der Waals surface area (Å²) in [6, 6.07) is -0.310. The van der Waals surface area contributed by atoms with E-state index in [2.05, 4.69) is 27.5 Å². The minimum absolute atomic E-state index is 0.0589. The van der Waals surface area contributed by atoms with E-state index in [1.165, 1.54) is 6.33 Å². The Labute approximate surface area is 127 Å². The van der Waals surface area contributed by atoms with Crippen LogP contribution in [-0.2, 0) is 11.2 Å². The Morgan fingerprint density at radius 1 is 1.29 bits per heavy atom. The number of amides is 1. The highest BCUT2D eigenvalue weighted by atomic mass is 16.2. The lowest BCUT2D eigenvalue weighted by Gasteiger charge is -2.22. The Morgan fingerprint density at radius 3 is 2.52 bits per heavy atom. The summed E-state index contributed by atoms with van der Waals surface area (Å²) in [5.74, 6) is 1.65. The SMILES string of the molecule is CCCc1c(NCC)ncnc1NC(C)C(=O)N(C)CC. The molecule has 6 heteroatoms. The quantitative estimate of drug-likeness (QED) is 0.768. The number of hydrogen-bond acceptors (Lipinski definition) is 5. The number of carbonyl (C=O) groups is 1. The van der Waals surface area contributed by atoms with Gasteiger partial charge in [0.25, 0.3) is 0 Å². The molecule has 6 nitrogen and oxygen atoms in total. The maximum absolute atomic E-state index is 12.2. The van der Waals surface area contributed by atoms with Crippen molar-refractivity contribution in [3.05, 3.63) is 11.9 Å². The lowest BCUT2D eigenvalue weighted by atomic mass is 10.1. The summed E-state index contributed by atoms with van der Waals surface area (Å²) in [7, 11) is 1.80. The number of likely N-dealkylation sites (N-methyl/N-ethyl adjacent to an activating group) is 1. The topological polar surface area (TPSA) is 70.1 Å². The van der Waals surface area contributed by atoms with Crippen molar-refractivity contribution in [2.45, 2.75) is 46.6 Å². The molecule has 0 aliphatic heterocycles. The van der Waals surface area contributed by atoms with E-state index in [-0.39, 0.29) is 11.9 Å². The molecule has 1 aromatic heterocycles. The van der Waals surface area contributed by atoms with Gasteiger partial charge in [-0.3, -0.25) is 4.79 Å². The van der Waals surface area contributed by atoms with Crippen LogP contribution in [0.15, 0.2) is 6.33 Å². The van der Waals surface area contributed by atoms with Gasteiger partial charge in [0.1, 0.15) is 24.0 Å². The molecule has 0 saturated carbocycles. The van der Waals surface area contributed by atoms with Gasteiger partial charge in [-0.05, 0) is 27.2 Å². The zero-order valence-electron chi connectivity index (χ0n) is 13.7. The first-order valence-electron chi connectivity index (χ1n) is 7.64. The van der Waals surface area contributed by atoms with Gasteiger partial charge in [0, 0.05) is 25.7 Å². The van der Waals surface area contributed by atoms with E-state index in [1.807, 2.05) is 20.8 Å². The maximum atomic E-state index is 12.2. The van der Waals surface area contributed by atoms with E-state index in [1.54, 1.807) is 11.9 Å². The first-order chi connectivity index (χ1) is 10.0. The molecule has 1 heterocycles. The summed E-state index contributed by atoms with van der Waals surface area (Å²) in [6.45, 7) is 9.47. The summed E-state index contributed by atoms with van der Waals surface area (Å²) in [6.07, 6.45) is 3.40. The molecule has 0 aliphatic carbocycles. The molecule has 21 heavy (non-hydrogen) atoms. The standard InChI is InChI=1S/C15H27N5O/c1-6-9-12-13(16-7-2)17-10-18-14(12)19-11(4)15(21)20(5)8-3/h10-11H,6-9H2,1-5H3,(H2,16,17,18,19). The Bertz CT molecular complexity index is 463. The lowest BCUT2D eigenvalue weighted by Crippen LogP contribution is -2.39. The minimum Gasteiger partial charge on any atom is -0.370 e. The van der Waals surface area contributed by atoms with Gasteiger partial charge in [0.2, 0.25) is 5.91 Å². The highest BCUT2D eigenvalue weighted by molar-refractivity contribution is 5.84. The molecule has 1 amide bonds. The van der Waals surface area contributed by atoms with Crippen molar-refractivity contribution < 1.29 is 4.79 Å². The summed E-state index contributed by atoms with van der Waals surface area (Å²) in [5.41, 5.74) is 1.04. The van der Waals surface area contributed by atoms with Crippen molar-refractivity contribution in [2.24, 2.45) is 0 Å². The van der Waals surface area contributed by atoms with Crippen molar-refractivity contribution in [3.63, 3.8) is 0 Å². The van der Waals surface area contributed by atoms with Crippen molar-refractivity contribution in [1.82, 2.24) is 14.9 Å². The second-order valence-electron chi connectivity index (χ2n) is 5.05. The predicted octanol–water partition coefficient (Wildman–Crippen LogP) is 2.14. The number of rotatable bonds is 8. The Balaban J connectivity index is 2.96. The highest BCUT2D eigenvalue weighted by Crippen LogP contribution is 2.22. The van der Waals surface area contributed by atoms with Crippen LogP contribution >= 0.6 is 0 Å². The molecular weight excluding hydrogens is 266 g/mol. The van der Waals surface area contributed by atoms with Crippen molar-refractivity contribution in [1.29, 1.82) is 0 Å². The molecule has 1 rings (SSSR count). The summed E-state index contributed by atoms with van der Waals surface area (Å²) in [4.78, 5) is 22.5. The Morgan fingerprint density at radius 2 is 1.95 bits per heavy atom. The van der Waals surface area contributed by atoms with Crippen LogP contribution in [0, 0.1) is 0 Å². The van der Waals surface area contributed by atoms with E-state index in [9.17, 15) is 4.79 Å². The molecule has 0 bridgehead atoms. The third-order valence-electron chi connectivity index (χ3n) is 3.36. The normalized spacial score (nSPS) is 11.9. The fourth-order valence-corrected chi connectivity index (χ4v) is 2.10. The molecular formula is C15H27N5O. The largest absolute Gasteiger partial charge is 0.370 e. The van der Waals surface area contributed by atoms with Crippen LogP contribution in [-0.4, -0.2) is 47.0 Å².